The molecule has 15 heavy (non-hydrogen) atoms. The van der Waals surface area contributed by atoms with E-state index in [1.807, 2.05) is 0 Å². The molecular weight excluding hydrogens is 210 g/mol. The third-order valence-electron chi connectivity index (χ3n) is 1.94. The van der Waals surface area contributed by atoms with Crippen LogP contribution in [0.25, 0.3) is 0 Å². The smallest absolute Gasteiger partial charge is 0.423 e. The number of hydrogen-bond acceptors (Lipinski definition) is 3. The van der Waals surface area contributed by atoms with Gasteiger partial charge in [0.05, 0.1) is 5.56 Å². The summed E-state index contributed by atoms with van der Waals surface area (Å²) in [4.78, 5) is 3.67. The van der Waals surface area contributed by atoms with Gasteiger partial charge in [-0.2, -0.15) is 13.2 Å². The summed E-state index contributed by atoms with van der Waals surface area (Å²) in [5.74, 6) is 0. The zero-order valence-electron chi connectivity index (χ0n) is 7.91. The van der Waals surface area contributed by atoms with E-state index in [1.165, 1.54) is 0 Å². The van der Waals surface area contributed by atoms with Crippen LogP contribution in [0.2, 0.25) is 0 Å². The van der Waals surface area contributed by atoms with E-state index in [4.69, 9.17) is 10.0 Å². The summed E-state index contributed by atoms with van der Waals surface area (Å²) in [6.07, 6.45) is -3.41. The molecule has 0 saturated carbocycles. The van der Waals surface area contributed by atoms with E-state index < -0.39 is 24.3 Å². The standard InChI is InChI=1S/C8H9BF3NO2/c1-2-5-3-6(8(10,11)12)7(4-13-5)9(14)15/h3-4,14-15H,2H2,1H3. The third-order valence-corrected chi connectivity index (χ3v) is 1.94. The van der Waals surface area contributed by atoms with Crippen molar-refractivity contribution in [2.24, 2.45) is 0 Å². The molecular formula is C8H9BF3NO2. The molecule has 82 valence electrons. The summed E-state index contributed by atoms with van der Waals surface area (Å²) in [6.45, 7) is 1.66. The lowest BCUT2D eigenvalue weighted by atomic mass is 9.78. The van der Waals surface area contributed by atoms with Gasteiger partial charge in [0.1, 0.15) is 0 Å². The first-order valence-corrected chi connectivity index (χ1v) is 4.28. The maximum absolute atomic E-state index is 12.5. The average molecular weight is 219 g/mol. The maximum Gasteiger partial charge on any atom is 0.490 e. The van der Waals surface area contributed by atoms with Crippen LogP contribution in [0.15, 0.2) is 12.3 Å². The second-order valence-electron chi connectivity index (χ2n) is 2.99. The largest absolute Gasteiger partial charge is 0.490 e. The van der Waals surface area contributed by atoms with Crippen molar-refractivity contribution >= 4 is 12.6 Å². The fraction of sp³-hybridized carbons (Fsp3) is 0.375. The highest BCUT2D eigenvalue weighted by atomic mass is 19.4. The molecule has 0 aromatic carbocycles. The molecule has 0 atom stereocenters. The zero-order chi connectivity index (χ0) is 11.6. The van der Waals surface area contributed by atoms with E-state index >= 15 is 0 Å². The van der Waals surface area contributed by atoms with Crippen molar-refractivity contribution in [2.75, 3.05) is 0 Å². The van der Waals surface area contributed by atoms with Crippen LogP contribution in [0.3, 0.4) is 0 Å². The quantitative estimate of drug-likeness (QED) is 0.705. The summed E-state index contributed by atoms with van der Waals surface area (Å²) in [6, 6.07) is 0.828. The fourth-order valence-electron chi connectivity index (χ4n) is 1.15. The van der Waals surface area contributed by atoms with Gasteiger partial charge in [-0.05, 0) is 12.5 Å². The van der Waals surface area contributed by atoms with Crippen molar-refractivity contribution in [3.8, 4) is 0 Å². The van der Waals surface area contributed by atoms with Crippen LogP contribution in [-0.2, 0) is 12.6 Å². The van der Waals surface area contributed by atoms with Crippen molar-refractivity contribution in [1.82, 2.24) is 4.98 Å². The first-order valence-electron chi connectivity index (χ1n) is 4.28. The predicted molar refractivity (Wildman–Crippen MR) is 48.4 cm³/mol. The van der Waals surface area contributed by atoms with Crippen molar-refractivity contribution in [1.29, 1.82) is 0 Å². The normalized spacial score (nSPS) is 11.6. The van der Waals surface area contributed by atoms with Crippen LogP contribution < -0.4 is 5.46 Å². The number of halogens is 3. The Bertz CT molecular complexity index is 354. The van der Waals surface area contributed by atoms with Crippen LogP contribution in [0.4, 0.5) is 13.2 Å². The van der Waals surface area contributed by atoms with Gasteiger partial charge in [0.25, 0.3) is 0 Å². The first kappa shape index (κ1) is 12.0. The number of alkyl halides is 3. The lowest BCUT2D eigenvalue weighted by Gasteiger charge is -2.12. The van der Waals surface area contributed by atoms with Gasteiger partial charge in [-0.3, -0.25) is 4.98 Å². The molecule has 1 rings (SSSR count). The molecule has 0 fully saturated rings. The Morgan fingerprint density at radius 3 is 2.40 bits per heavy atom. The fourth-order valence-corrected chi connectivity index (χ4v) is 1.15. The van der Waals surface area contributed by atoms with E-state index in [1.54, 1.807) is 6.92 Å². The number of aromatic nitrogens is 1. The number of aryl methyl sites for hydroxylation is 1. The molecule has 0 unspecified atom stereocenters. The van der Waals surface area contributed by atoms with Gasteiger partial charge in [0.2, 0.25) is 0 Å². The number of hydrogen-bond donors (Lipinski definition) is 2. The molecule has 0 aliphatic carbocycles. The van der Waals surface area contributed by atoms with Gasteiger partial charge >= 0.3 is 13.3 Å². The molecule has 3 nitrogen and oxygen atoms in total. The molecule has 1 aromatic heterocycles. The van der Waals surface area contributed by atoms with Crippen molar-refractivity contribution in [3.05, 3.63) is 23.5 Å². The van der Waals surface area contributed by atoms with E-state index in [-0.39, 0.29) is 5.69 Å². The number of rotatable bonds is 2. The lowest BCUT2D eigenvalue weighted by molar-refractivity contribution is -0.137. The highest BCUT2D eigenvalue weighted by molar-refractivity contribution is 6.59. The topological polar surface area (TPSA) is 53.4 Å². The summed E-state index contributed by atoms with van der Waals surface area (Å²) in [5.41, 5.74) is -1.42. The minimum absolute atomic E-state index is 0.256. The second-order valence-corrected chi connectivity index (χ2v) is 2.99. The molecule has 0 amide bonds. The highest BCUT2D eigenvalue weighted by Crippen LogP contribution is 2.28. The van der Waals surface area contributed by atoms with E-state index in [0.717, 1.165) is 12.3 Å². The Morgan fingerprint density at radius 1 is 1.40 bits per heavy atom. The van der Waals surface area contributed by atoms with E-state index in [0.29, 0.717) is 6.42 Å². The average Bonchev–Trinajstić information content (AvgIpc) is 2.15. The van der Waals surface area contributed by atoms with Crippen LogP contribution in [0.1, 0.15) is 18.2 Å². The summed E-state index contributed by atoms with van der Waals surface area (Å²) in [5, 5.41) is 17.5. The molecule has 0 spiro atoms. The van der Waals surface area contributed by atoms with E-state index in [9.17, 15) is 13.2 Å². The first-order chi connectivity index (χ1) is 6.86. The second kappa shape index (κ2) is 4.20. The van der Waals surface area contributed by atoms with Crippen LogP contribution in [0, 0.1) is 0 Å². The molecule has 0 bridgehead atoms. The molecule has 1 heterocycles. The Morgan fingerprint density at radius 2 is 2.00 bits per heavy atom. The molecule has 0 aliphatic heterocycles. The Balaban J connectivity index is 3.29. The van der Waals surface area contributed by atoms with Gasteiger partial charge in [0, 0.05) is 17.4 Å². The summed E-state index contributed by atoms with van der Waals surface area (Å²) in [7, 11) is -2.17. The zero-order valence-corrected chi connectivity index (χ0v) is 7.91. The SMILES string of the molecule is CCc1cc(C(F)(F)F)c(B(O)O)cn1. The van der Waals surface area contributed by atoms with Crippen molar-refractivity contribution in [2.45, 2.75) is 19.5 Å². The van der Waals surface area contributed by atoms with Crippen LogP contribution in [0.5, 0.6) is 0 Å². The Labute approximate surface area is 84.7 Å². The van der Waals surface area contributed by atoms with Gasteiger partial charge in [-0.25, -0.2) is 0 Å². The number of nitrogens with zero attached hydrogens (tertiary/aromatic N) is 1. The Hall–Kier alpha value is -1.08. The minimum atomic E-state index is -4.61. The summed E-state index contributed by atoms with van der Waals surface area (Å²) >= 11 is 0. The van der Waals surface area contributed by atoms with Crippen LogP contribution in [-0.4, -0.2) is 22.2 Å². The number of pyridine rings is 1. The van der Waals surface area contributed by atoms with Crippen molar-refractivity contribution < 1.29 is 23.2 Å². The molecule has 7 heteroatoms. The summed E-state index contributed by atoms with van der Waals surface area (Å²) < 4.78 is 37.4. The van der Waals surface area contributed by atoms with E-state index in [2.05, 4.69) is 4.98 Å². The Kier molecular flexibility index (Phi) is 3.36. The minimum Gasteiger partial charge on any atom is -0.423 e. The van der Waals surface area contributed by atoms with Crippen molar-refractivity contribution in [3.63, 3.8) is 0 Å². The van der Waals surface area contributed by atoms with Gasteiger partial charge in [-0.15, -0.1) is 0 Å². The molecule has 2 N–H and O–H groups in total. The maximum atomic E-state index is 12.5. The molecule has 0 radical (unpaired) electrons. The van der Waals surface area contributed by atoms with Gasteiger partial charge in [0.15, 0.2) is 0 Å². The molecule has 0 saturated heterocycles. The lowest BCUT2D eigenvalue weighted by Crippen LogP contribution is -2.36. The monoisotopic (exact) mass is 219 g/mol. The highest BCUT2D eigenvalue weighted by Gasteiger charge is 2.36. The van der Waals surface area contributed by atoms with Crippen LogP contribution >= 0.6 is 0 Å². The molecule has 0 aliphatic rings. The molecule has 1 aromatic rings. The predicted octanol–water partition coefficient (Wildman–Crippen LogP) is 0.343. The van der Waals surface area contributed by atoms with Gasteiger partial charge in [-0.1, -0.05) is 6.92 Å². The van der Waals surface area contributed by atoms with Gasteiger partial charge < -0.3 is 10.0 Å². The third kappa shape index (κ3) is 2.70.